The summed E-state index contributed by atoms with van der Waals surface area (Å²) in [7, 11) is 0. The molecule has 172 valence electrons. The highest BCUT2D eigenvalue weighted by molar-refractivity contribution is 7.99. The molecular weight excluding hydrogens is 450 g/mol. The zero-order valence-electron chi connectivity index (χ0n) is 18.3. The molecule has 4 aromatic rings. The summed E-state index contributed by atoms with van der Waals surface area (Å²) in [6.07, 6.45) is 3.64. The lowest BCUT2D eigenvalue weighted by Gasteiger charge is -2.10. The molecule has 8 nitrogen and oxygen atoms in total. The van der Waals surface area contributed by atoms with Crippen molar-refractivity contribution in [1.29, 1.82) is 0 Å². The van der Waals surface area contributed by atoms with Crippen molar-refractivity contribution in [3.05, 3.63) is 84.1 Å². The lowest BCUT2D eigenvalue weighted by atomic mass is 10.2. The Morgan fingerprint density at radius 3 is 2.65 bits per heavy atom. The maximum atomic E-state index is 12.7. The van der Waals surface area contributed by atoms with E-state index in [2.05, 4.69) is 20.8 Å². The number of nitrogens with one attached hydrogen (secondary N) is 2. The predicted octanol–water partition coefficient (Wildman–Crippen LogP) is 4.21. The van der Waals surface area contributed by atoms with Gasteiger partial charge >= 0.3 is 0 Å². The Balaban J connectivity index is 1.26. The highest BCUT2D eigenvalue weighted by atomic mass is 32.2. The summed E-state index contributed by atoms with van der Waals surface area (Å²) in [5.74, 6) is 1.04. The minimum Gasteiger partial charge on any atom is -0.461 e. The Kier molecular flexibility index (Phi) is 6.44. The molecule has 0 unspecified atom stereocenters. The second-order valence-corrected chi connectivity index (χ2v) is 8.96. The number of hydrogen-bond donors (Lipinski definition) is 2. The van der Waals surface area contributed by atoms with Gasteiger partial charge < -0.3 is 15.1 Å². The third-order valence-corrected chi connectivity index (χ3v) is 6.26. The molecule has 0 saturated heterocycles. The number of amides is 2. The van der Waals surface area contributed by atoms with Crippen LogP contribution in [0, 0.1) is 0 Å². The second kappa shape index (κ2) is 9.96. The minimum atomic E-state index is -0.196. The average Bonchev–Trinajstić information content (AvgIpc) is 3.33. The normalized spacial score (nSPS) is 12.9. The Hall–Kier alpha value is -3.85. The first-order valence-electron chi connectivity index (χ1n) is 11.0. The zero-order chi connectivity index (χ0) is 23.3. The summed E-state index contributed by atoms with van der Waals surface area (Å²) in [6.45, 7) is 0.548. The van der Waals surface area contributed by atoms with Crippen molar-refractivity contribution in [3.63, 3.8) is 0 Å². The van der Waals surface area contributed by atoms with E-state index in [1.54, 1.807) is 36.6 Å². The summed E-state index contributed by atoms with van der Waals surface area (Å²) in [4.78, 5) is 24.9. The third kappa shape index (κ3) is 5.37. The van der Waals surface area contributed by atoms with Crippen molar-refractivity contribution in [3.8, 4) is 11.6 Å². The summed E-state index contributed by atoms with van der Waals surface area (Å²) < 4.78 is 7.47. The molecule has 2 amide bonds. The highest BCUT2D eigenvalue weighted by Crippen LogP contribution is 2.26. The van der Waals surface area contributed by atoms with Crippen LogP contribution >= 0.6 is 11.8 Å². The number of benzene rings is 2. The monoisotopic (exact) mass is 473 g/mol. The van der Waals surface area contributed by atoms with E-state index < -0.39 is 0 Å². The maximum absolute atomic E-state index is 12.7. The number of anilines is 1. The van der Waals surface area contributed by atoms with Crippen LogP contribution in [0.25, 0.3) is 11.6 Å². The SMILES string of the molecule is O=C(CSc1nnc(-c2ccco2)n1Cc1ccccc1)Nc1cccc(C(=O)NC2CC2)c1. The van der Waals surface area contributed by atoms with E-state index in [9.17, 15) is 9.59 Å². The molecule has 1 saturated carbocycles. The Labute approximate surface area is 200 Å². The molecule has 0 aliphatic heterocycles. The molecule has 2 aromatic carbocycles. The van der Waals surface area contributed by atoms with Gasteiger partial charge in [-0.2, -0.15) is 0 Å². The first kappa shape index (κ1) is 22.0. The second-order valence-electron chi connectivity index (χ2n) is 8.02. The first-order chi connectivity index (χ1) is 16.7. The van der Waals surface area contributed by atoms with Crippen molar-refractivity contribution < 1.29 is 14.0 Å². The summed E-state index contributed by atoms with van der Waals surface area (Å²) in [6, 6.07) is 20.8. The van der Waals surface area contributed by atoms with E-state index in [0.717, 1.165) is 18.4 Å². The summed E-state index contributed by atoms with van der Waals surface area (Å²) >= 11 is 1.30. The van der Waals surface area contributed by atoms with Gasteiger partial charge in [-0.3, -0.25) is 14.2 Å². The molecule has 1 aliphatic carbocycles. The fourth-order valence-electron chi connectivity index (χ4n) is 3.45. The molecule has 1 fully saturated rings. The number of thioether (sulfide) groups is 1. The fraction of sp³-hybridized carbons (Fsp3) is 0.200. The van der Waals surface area contributed by atoms with Gasteiger partial charge in [-0.05, 0) is 48.7 Å². The summed E-state index contributed by atoms with van der Waals surface area (Å²) in [5.41, 5.74) is 2.20. The smallest absolute Gasteiger partial charge is 0.251 e. The Morgan fingerprint density at radius 2 is 1.88 bits per heavy atom. The van der Waals surface area contributed by atoms with Gasteiger partial charge in [-0.1, -0.05) is 48.2 Å². The van der Waals surface area contributed by atoms with E-state index in [-0.39, 0.29) is 23.6 Å². The van der Waals surface area contributed by atoms with Crippen molar-refractivity contribution in [1.82, 2.24) is 20.1 Å². The molecule has 0 spiro atoms. The van der Waals surface area contributed by atoms with Crippen LogP contribution in [-0.4, -0.2) is 38.4 Å². The highest BCUT2D eigenvalue weighted by Gasteiger charge is 2.24. The van der Waals surface area contributed by atoms with E-state index in [4.69, 9.17) is 4.42 Å². The van der Waals surface area contributed by atoms with Crippen LogP contribution in [0.2, 0.25) is 0 Å². The average molecular weight is 474 g/mol. The zero-order valence-corrected chi connectivity index (χ0v) is 19.1. The van der Waals surface area contributed by atoms with Crippen LogP contribution in [0.1, 0.15) is 28.8 Å². The molecule has 2 aromatic heterocycles. The minimum absolute atomic E-state index is 0.118. The Morgan fingerprint density at radius 1 is 1.03 bits per heavy atom. The third-order valence-electron chi connectivity index (χ3n) is 5.30. The number of carbonyl (C=O) groups is 2. The molecule has 0 atom stereocenters. The molecule has 5 rings (SSSR count). The van der Waals surface area contributed by atoms with Gasteiger partial charge in [0.2, 0.25) is 11.7 Å². The van der Waals surface area contributed by atoms with Gasteiger partial charge in [0, 0.05) is 17.3 Å². The molecule has 0 bridgehead atoms. The van der Waals surface area contributed by atoms with Gasteiger partial charge in [0.1, 0.15) is 0 Å². The molecule has 34 heavy (non-hydrogen) atoms. The molecular formula is C25H23N5O3S. The molecule has 2 N–H and O–H groups in total. The molecule has 9 heteroatoms. The standard InChI is InChI=1S/C25H23N5O3S/c31-22(26-20-9-4-8-18(14-20)24(32)27-19-11-12-19)16-34-25-29-28-23(21-10-5-13-33-21)30(25)15-17-6-2-1-3-7-17/h1-10,13-14,19H,11-12,15-16H2,(H,26,31)(H,27,32). The van der Waals surface area contributed by atoms with Crippen LogP contribution in [0.15, 0.2) is 82.6 Å². The first-order valence-corrected chi connectivity index (χ1v) is 12.0. The van der Waals surface area contributed by atoms with E-state index >= 15 is 0 Å². The van der Waals surface area contributed by atoms with Crippen LogP contribution in [-0.2, 0) is 11.3 Å². The number of aromatic nitrogens is 3. The van der Waals surface area contributed by atoms with E-state index in [1.807, 2.05) is 41.0 Å². The number of nitrogens with zero attached hydrogens (tertiary/aromatic N) is 3. The van der Waals surface area contributed by atoms with Gasteiger partial charge in [-0.25, -0.2) is 0 Å². The topological polar surface area (TPSA) is 102 Å². The number of hydrogen-bond acceptors (Lipinski definition) is 6. The van der Waals surface area contributed by atoms with Crippen molar-refractivity contribution in [2.24, 2.45) is 0 Å². The predicted molar refractivity (Wildman–Crippen MR) is 130 cm³/mol. The maximum Gasteiger partial charge on any atom is 0.251 e. The summed E-state index contributed by atoms with van der Waals surface area (Å²) in [5, 5.41) is 15.0. The Bertz CT molecular complexity index is 1280. The van der Waals surface area contributed by atoms with Crippen molar-refractivity contribution >= 4 is 29.3 Å². The van der Waals surface area contributed by atoms with Crippen LogP contribution < -0.4 is 10.6 Å². The quantitative estimate of drug-likeness (QED) is 0.353. The molecule has 0 radical (unpaired) electrons. The lowest BCUT2D eigenvalue weighted by molar-refractivity contribution is -0.113. The molecule has 1 aliphatic rings. The van der Waals surface area contributed by atoms with Crippen LogP contribution in [0.5, 0.6) is 0 Å². The lowest BCUT2D eigenvalue weighted by Crippen LogP contribution is -2.25. The number of furan rings is 1. The van der Waals surface area contributed by atoms with E-state index in [1.165, 1.54) is 11.8 Å². The van der Waals surface area contributed by atoms with Gasteiger partial charge in [0.15, 0.2) is 10.9 Å². The van der Waals surface area contributed by atoms with Crippen LogP contribution in [0.3, 0.4) is 0 Å². The molecule has 2 heterocycles. The number of carbonyl (C=O) groups excluding carboxylic acids is 2. The van der Waals surface area contributed by atoms with Gasteiger partial charge in [-0.15, -0.1) is 10.2 Å². The number of rotatable bonds is 9. The van der Waals surface area contributed by atoms with Crippen molar-refractivity contribution in [2.75, 3.05) is 11.1 Å². The van der Waals surface area contributed by atoms with Gasteiger partial charge in [0.25, 0.3) is 5.91 Å². The van der Waals surface area contributed by atoms with Gasteiger partial charge in [0.05, 0.1) is 18.6 Å². The largest absolute Gasteiger partial charge is 0.461 e. The van der Waals surface area contributed by atoms with Crippen molar-refractivity contribution in [2.45, 2.75) is 30.6 Å². The van der Waals surface area contributed by atoms with Crippen LogP contribution in [0.4, 0.5) is 5.69 Å². The fourth-order valence-corrected chi connectivity index (χ4v) is 4.19. The van der Waals surface area contributed by atoms with E-state index in [0.29, 0.717) is 34.5 Å².